The maximum Gasteiger partial charge on any atom is 0.410 e. The van der Waals surface area contributed by atoms with Gasteiger partial charge >= 0.3 is 159 Å². The van der Waals surface area contributed by atoms with Crippen LogP contribution in [0.4, 0.5) is 4.79 Å². The van der Waals surface area contributed by atoms with Gasteiger partial charge in [0.1, 0.15) is 6.61 Å². The summed E-state index contributed by atoms with van der Waals surface area (Å²) in [7, 11) is 0. The molecule has 4 aromatic rings. The Balaban J connectivity index is 1.10. The maximum absolute atomic E-state index is 13.4. The van der Waals surface area contributed by atoms with Crippen molar-refractivity contribution in [3.8, 4) is 11.1 Å². The monoisotopic (exact) mass is 877 g/mol. The second kappa shape index (κ2) is 13.7. The third-order valence-corrected chi connectivity index (χ3v) is 14.6. The van der Waals surface area contributed by atoms with Crippen LogP contribution < -0.4 is 8.54 Å². The SMILES string of the molecule is CCN(CC1=CC(CC(=O)NCc2cc[c]([Po][I])cc2)c2ccccc21)C(=O)OCC1c2ccccc2-c2ccccc21. The Labute approximate surface area is 274 Å². The Morgan fingerprint density at radius 3 is 2.07 bits per heavy atom. The number of amides is 2. The average molecular weight is 878 g/mol. The number of rotatable bonds is 10. The molecule has 0 aliphatic heterocycles. The zero-order chi connectivity index (χ0) is 29.8. The van der Waals surface area contributed by atoms with E-state index in [4.69, 9.17) is 4.74 Å². The second-order valence-electron chi connectivity index (χ2n) is 10.9. The normalized spacial score (nSPS) is 14.8. The number of nitrogens with zero attached hydrogens (tertiary/aromatic N) is 1. The van der Waals surface area contributed by atoms with E-state index in [0.717, 1.165) is 22.3 Å². The molecule has 43 heavy (non-hydrogen) atoms. The van der Waals surface area contributed by atoms with Gasteiger partial charge < -0.3 is 9.64 Å². The van der Waals surface area contributed by atoms with Crippen LogP contribution in [0.1, 0.15) is 53.0 Å². The first kappa shape index (κ1) is 30.0. The standard InChI is InChI=1S/C36H33N2O3.HI.Po/c1-2-38(36(40)41-24-34-32-18-10-8-16-30(32)31-17-9-11-19-33(31)34)23-27-20-26(28-14-6-7-15-29(27)28)21-35(39)37-22-25-12-4-3-5-13-25;;/h4-20,26,34H,2,21-24H2,1H3,(H,37,39);1H;/q;;+1/p-1. The molecule has 1 atom stereocenters. The number of hydrogen-bond donors (Lipinski definition) is 1. The molecule has 2 amide bonds. The molecule has 1 unspecified atom stereocenters. The minimum Gasteiger partial charge on any atom is -0.448 e. The van der Waals surface area contributed by atoms with Crippen LogP contribution in [0.5, 0.6) is 0 Å². The Morgan fingerprint density at radius 2 is 1.44 bits per heavy atom. The molecule has 6 rings (SSSR count). The molecule has 7 heteroatoms. The van der Waals surface area contributed by atoms with Crippen molar-refractivity contribution in [2.45, 2.75) is 31.7 Å². The predicted octanol–water partition coefficient (Wildman–Crippen LogP) is 6.82. The summed E-state index contributed by atoms with van der Waals surface area (Å²) in [6.07, 6.45) is 2.21. The van der Waals surface area contributed by atoms with Gasteiger partial charge in [-0.2, -0.15) is 0 Å². The van der Waals surface area contributed by atoms with Crippen molar-refractivity contribution in [2.24, 2.45) is 0 Å². The zero-order valence-corrected chi connectivity index (χ0v) is 29.3. The summed E-state index contributed by atoms with van der Waals surface area (Å²) in [4.78, 5) is 28.1. The van der Waals surface area contributed by atoms with Gasteiger partial charge in [0.2, 0.25) is 0 Å². The van der Waals surface area contributed by atoms with Crippen LogP contribution in [0, 0.1) is 0 Å². The molecule has 2 aliphatic carbocycles. The maximum atomic E-state index is 13.4. The van der Waals surface area contributed by atoms with Crippen molar-refractivity contribution in [3.63, 3.8) is 0 Å². The third-order valence-electron chi connectivity index (χ3n) is 8.35. The number of allylic oxidation sites excluding steroid dienone is 1. The van der Waals surface area contributed by atoms with Crippen molar-refractivity contribution >= 4 is 58.1 Å². The molecule has 0 heterocycles. The van der Waals surface area contributed by atoms with Gasteiger partial charge in [-0.3, -0.25) is 0 Å². The Hall–Kier alpha value is -3.01. The Kier molecular flexibility index (Phi) is 9.60. The molecule has 5 nitrogen and oxygen atoms in total. The first-order valence-electron chi connectivity index (χ1n) is 14.6. The van der Waals surface area contributed by atoms with Gasteiger partial charge in [-0.1, -0.05) is 54.6 Å². The number of carbonyl (C=O) groups is 2. The van der Waals surface area contributed by atoms with E-state index in [-0.39, 0.29) is 23.8 Å². The molecule has 1 N–H and O–H groups in total. The summed E-state index contributed by atoms with van der Waals surface area (Å²) < 4.78 is 7.41. The smallest absolute Gasteiger partial charge is 0.410 e. The van der Waals surface area contributed by atoms with Gasteiger partial charge in [-0.15, -0.1) is 0 Å². The minimum absolute atomic E-state index is 0.0235. The first-order valence-corrected chi connectivity index (χ1v) is 25.1. The number of ether oxygens (including phenoxy) is 1. The van der Waals surface area contributed by atoms with Gasteiger partial charge in [-0.05, 0) is 29.2 Å². The largest absolute Gasteiger partial charge is 0.448 e. The number of halogens is 1. The zero-order valence-electron chi connectivity index (χ0n) is 24.0. The van der Waals surface area contributed by atoms with Gasteiger partial charge in [0.25, 0.3) is 0 Å². The van der Waals surface area contributed by atoms with E-state index in [1.54, 1.807) is 4.90 Å². The number of benzene rings is 4. The van der Waals surface area contributed by atoms with Crippen LogP contribution >= 0.6 is 18.0 Å². The fourth-order valence-electron chi connectivity index (χ4n) is 6.17. The molecule has 4 aromatic carbocycles. The number of carbonyl (C=O) groups excluding carboxylic acids is 2. The van der Waals surface area contributed by atoms with E-state index >= 15 is 0 Å². The quantitative estimate of drug-likeness (QED) is 0.178. The number of likely N-dealkylation sites (N-methyl/N-ethyl adjacent to an activating group) is 1. The Morgan fingerprint density at radius 1 is 0.837 bits per heavy atom. The topological polar surface area (TPSA) is 58.6 Å². The first-order chi connectivity index (χ1) is 21.1. The van der Waals surface area contributed by atoms with Gasteiger partial charge in [-0.25, -0.2) is 4.79 Å². The molecule has 0 fully saturated rings. The van der Waals surface area contributed by atoms with Crippen molar-refractivity contribution < 1.29 is 14.3 Å². The van der Waals surface area contributed by atoms with Crippen molar-refractivity contribution in [1.29, 1.82) is 0 Å². The number of hydrogen-bond acceptors (Lipinski definition) is 3. The van der Waals surface area contributed by atoms with Crippen molar-refractivity contribution in [2.75, 3.05) is 19.7 Å². The summed E-state index contributed by atoms with van der Waals surface area (Å²) in [6, 6.07) is 33.5. The molecule has 0 aromatic heterocycles. The molecular formula is C36H33IN2O3Po. The van der Waals surface area contributed by atoms with Gasteiger partial charge in [0.05, 0.1) is 0 Å². The van der Waals surface area contributed by atoms with Crippen LogP contribution in [0.25, 0.3) is 16.7 Å². The number of fused-ring (bicyclic) bond motifs is 4. The molecule has 0 radical (unpaired) electrons. The summed E-state index contributed by atoms with van der Waals surface area (Å²) in [5.74, 6) is 0.0206. The summed E-state index contributed by atoms with van der Waals surface area (Å²) in [5.41, 5.74) is 9.24. The summed E-state index contributed by atoms with van der Waals surface area (Å²) in [6.45, 7) is 3.77. The molecule has 2 aliphatic rings. The molecule has 0 bridgehead atoms. The fourth-order valence-corrected chi connectivity index (χ4v) is 9.67. The van der Waals surface area contributed by atoms with Crippen LogP contribution in [-0.4, -0.2) is 55.9 Å². The summed E-state index contributed by atoms with van der Waals surface area (Å²) in [5, 5.41) is 3.10. The van der Waals surface area contributed by atoms with Crippen molar-refractivity contribution in [1.82, 2.24) is 10.2 Å². The minimum atomic E-state index is -0.435. The van der Waals surface area contributed by atoms with Gasteiger partial charge in [0.15, 0.2) is 0 Å². The van der Waals surface area contributed by atoms with E-state index in [9.17, 15) is 9.59 Å². The second-order valence-corrected chi connectivity index (χ2v) is 17.2. The van der Waals surface area contributed by atoms with E-state index in [1.165, 1.54) is 25.5 Å². The predicted molar refractivity (Wildman–Crippen MR) is 182 cm³/mol. The van der Waals surface area contributed by atoms with Crippen molar-refractivity contribution in [3.05, 3.63) is 131 Å². The molecule has 0 spiro atoms. The molecule has 0 saturated heterocycles. The number of nitrogens with one attached hydrogen (secondary N) is 1. The Bertz CT molecular complexity index is 1620. The van der Waals surface area contributed by atoms with Crippen LogP contribution in [0.3, 0.4) is 0 Å². The molecule has 0 saturated carbocycles. The van der Waals surface area contributed by atoms with E-state index in [2.05, 4.69) is 102 Å². The molecular weight excluding hydrogens is 844 g/mol. The average Bonchev–Trinajstić information content (AvgIpc) is 3.56. The van der Waals surface area contributed by atoms with E-state index in [0.29, 0.717) is 32.7 Å². The fraction of sp³-hybridized carbons (Fsp3) is 0.222. The van der Waals surface area contributed by atoms with Crippen LogP contribution in [0.2, 0.25) is 0 Å². The van der Waals surface area contributed by atoms with Gasteiger partial charge in [0, 0.05) is 12.5 Å². The van der Waals surface area contributed by atoms with Crippen LogP contribution in [-0.2, 0) is 16.1 Å². The van der Waals surface area contributed by atoms with Crippen LogP contribution in [0.15, 0.2) is 103 Å². The molecule has 218 valence electrons. The van der Waals surface area contributed by atoms with E-state index in [1.807, 2.05) is 31.2 Å². The van der Waals surface area contributed by atoms with E-state index < -0.39 is 19.3 Å². The summed E-state index contributed by atoms with van der Waals surface area (Å²) >= 11 is 2.08. The third kappa shape index (κ3) is 6.59.